The molecule has 0 heterocycles. The SMILES string of the molecule is C=C(C)C(=O)OCCC(=O)O[Si](c1ccccc1)(c1ccccc1)C(C)(C)C. The molecule has 0 aromatic heterocycles. The van der Waals surface area contributed by atoms with Crippen LogP contribution in [0.3, 0.4) is 0 Å². The monoisotopic (exact) mass is 396 g/mol. The number of benzene rings is 2. The molecule has 0 aliphatic carbocycles. The summed E-state index contributed by atoms with van der Waals surface area (Å²) in [6.45, 7) is 11.4. The van der Waals surface area contributed by atoms with Gasteiger partial charge in [0.2, 0.25) is 0 Å². The smallest absolute Gasteiger partial charge is 0.333 e. The van der Waals surface area contributed by atoms with E-state index < -0.39 is 14.3 Å². The predicted octanol–water partition coefficient (Wildman–Crippen LogP) is 3.60. The lowest BCUT2D eigenvalue weighted by Gasteiger charge is -2.42. The first kappa shape index (κ1) is 21.6. The maximum atomic E-state index is 12.8. The van der Waals surface area contributed by atoms with Crippen molar-refractivity contribution in [3.63, 3.8) is 0 Å². The molecule has 0 aliphatic heterocycles. The lowest BCUT2D eigenvalue weighted by atomic mass is 10.2. The summed E-state index contributed by atoms with van der Waals surface area (Å²) in [7, 11) is -2.92. The molecule has 0 N–H and O–H groups in total. The molecule has 0 saturated heterocycles. The van der Waals surface area contributed by atoms with Gasteiger partial charge in [0.25, 0.3) is 5.97 Å². The topological polar surface area (TPSA) is 52.6 Å². The van der Waals surface area contributed by atoms with Crippen LogP contribution in [-0.4, -0.2) is 26.9 Å². The second-order valence-electron chi connectivity index (χ2n) is 7.80. The van der Waals surface area contributed by atoms with E-state index in [2.05, 4.69) is 27.4 Å². The van der Waals surface area contributed by atoms with Crippen LogP contribution in [0.2, 0.25) is 5.04 Å². The van der Waals surface area contributed by atoms with E-state index >= 15 is 0 Å². The molecule has 0 aliphatic rings. The van der Waals surface area contributed by atoms with Crippen molar-refractivity contribution >= 4 is 30.6 Å². The summed E-state index contributed by atoms with van der Waals surface area (Å²) in [5.74, 6) is -0.873. The summed E-state index contributed by atoms with van der Waals surface area (Å²) in [5, 5.41) is 1.77. The fourth-order valence-corrected chi connectivity index (χ4v) is 7.60. The fraction of sp³-hybridized carbons (Fsp3) is 0.304. The number of carbonyl (C=O) groups excluding carboxylic acids is 2. The lowest BCUT2D eigenvalue weighted by Crippen LogP contribution is -2.67. The summed E-state index contributed by atoms with van der Waals surface area (Å²) in [4.78, 5) is 24.3. The maximum absolute atomic E-state index is 12.8. The van der Waals surface area contributed by atoms with Crippen LogP contribution < -0.4 is 10.4 Å². The highest BCUT2D eigenvalue weighted by Crippen LogP contribution is 2.36. The molecule has 0 unspecified atom stereocenters. The third kappa shape index (κ3) is 4.78. The Morgan fingerprint density at radius 2 is 1.39 bits per heavy atom. The molecule has 0 spiro atoms. The van der Waals surface area contributed by atoms with Crippen molar-refractivity contribution in [2.75, 3.05) is 6.61 Å². The third-order valence-corrected chi connectivity index (χ3v) is 9.51. The van der Waals surface area contributed by atoms with Crippen LogP contribution in [0.1, 0.15) is 34.1 Å². The van der Waals surface area contributed by atoms with Crippen LogP contribution in [-0.2, 0) is 18.8 Å². The molecule has 2 rings (SSSR count). The van der Waals surface area contributed by atoms with Crippen LogP contribution >= 0.6 is 0 Å². The molecule has 0 fully saturated rings. The van der Waals surface area contributed by atoms with Crippen molar-refractivity contribution in [3.05, 3.63) is 72.8 Å². The Kier molecular flexibility index (Phi) is 6.97. The quantitative estimate of drug-likeness (QED) is 0.408. The van der Waals surface area contributed by atoms with E-state index in [9.17, 15) is 9.59 Å². The zero-order chi connectivity index (χ0) is 20.8. The van der Waals surface area contributed by atoms with Gasteiger partial charge in [-0.2, -0.15) is 0 Å². The number of carbonyl (C=O) groups is 2. The largest absolute Gasteiger partial charge is 0.509 e. The van der Waals surface area contributed by atoms with E-state index in [1.807, 2.05) is 60.7 Å². The van der Waals surface area contributed by atoms with Crippen molar-refractivity contribution in [3.8, 4) is 0 Å². The number of hydrogen-bond donors (Lipinski definition) is 0. The number of rotatable bonds is 7. The highest BCUT2D eigenvalue weighted by molar-refractivity contribution is 7.00. The normalized spacial score (nSPS) is 11.6. The van der Waals surface area contributed by atoms with Crippen molar-refractivity contribution in [1.29, 1.82) is 0 Å². The van der Waals surface area contributed by atoms with Gasteiger partial charge in [0.1, 0.15) is 6.61 Å². The number of esters is 1. The Morgan fingerprint density at radius 3 is 1.79 bits per heavy atom. The van der Waals surface area contributed by atoms with E-state index in [-0.39, 0.29) is 24.0 Å². The average Bonchev–Trinajstić information content (AvgIpc) is 2.66. The predicted molar refractivity (Wildman–Crippen MR) is 114 cm³/mol. The molecule has 2 aromatic carbocycles. The zero-order valence-electron chi connectivity index (χ0n) is 17.0. The minimum atomic E-state index is -2.92. The van der Waals surface area contributed by atoms with Gasteiger partial charge in [-0.15, -0.1) is 0 Å². The summed E-state index contributed by atoms with van der Waals surface area (Å²) < 4.78 is 11.4. The number of ether oxygens (including phenoxy) is 1. The Labute approximate surface area is 168 Å². The van der Waals surface area contributed by atoms with E-state index in [0.29, 0.717) is 5.57 Å². The Morgan fingerprint density at radius 1 is 0.929 bits per heavy atom. The highest BCUT2D eigenvalue weighted by Gasteiger charge is 2.53. The second-order valence-corrected chi connectivity index (χ2v) is 12.0. The van der Waals surface area contributed by atoms with E-state index in [0.717, 1.165) is 10.4 Å². The molecule has 0 bridgehead atoms. The Balaban J connectivity index is 2.38. The molecule has 4 nitrogen and oxygen atoms in total. The second kappa shape index (κ2) is 9.02. The van der Waals surface area contributed by atoms with Gasteiger partial charge < -0.3 is 9.16 Å². The molecular weight excluding hydrogens is 368 g/mol. The zero-order valence-corrected chi connectivity index (χ0v) is 18.0. The molecule has 148 valence electrons. The molecule has 0 radical (unpaired) electrons. The molecule has 0 amide bonds. The van der Waals surface area contributed by atoms with Gasteiger partial charge in [-0.25, -0.2) is 4.79 Å². The Hall–Kier alpha value is -2.66. The minimum absolute atomic E-state index is 0.00349. The average molecular weight is 397 g/mol. The maximum Gasteiger partial charge on any atom is 0.333 e. The fourth-order valence-electron chi connectivity index (χ4n) is 3.22. The van der Waals surface area contributed by atoms with E-state index in [4.69, 9.17) is 9.16 Å². The summed E-state index contributed by atoms with van der Waals surface area (Å²) in [6.07, 6.45) is 0.00349. The van der Waals surface area contributed by atoms with Crippen LogP contribution in [0.5, 0.6) is 0 Å². The minimum Gasteiger partial charge on any atom is -0.509 e. The number of hydrogen-bond acceptors (Lipinski definition) is 4. The first-order valence-corrected chi connectivity index (χ1v) is 11.2. The van der Waals surface area contributed by atoms with E-state index in [1.54, 1.807) is 6.92 Å². The van der Waals surface area contributed by atoms with Crippen LogP contribution in [0.25, 0.3) is 0 Å². The lowest BCUT2D eigenvalue weighted by molar-refractivity contribution is -0.142. The van der Waals surface area contributed by atoms with Gasteiger partial charge in [0.05, 0.1) is 6.42 Å². The van der Waals surface area contributed by atoms with Gasteiger partial charge in [-0.1, -0.05) is 88.0 Å². The van der Waals surface area contributed by atoms with Crippen molar-refractivity contribution in [2.45, 2.75) is 39.2 Å². The molecule has 0 saturated carbocycles. The van der Waals surface area contributed by atoms with Crippen molar-refractivity contribution in [1.82, 2.24) is 0 Å². The van der Waals surface area contributed by atoms with Crippen LogP contribution in [0, 0.1) is 0 Å². The van der Waals surface area contributed by atoms with Crippen LogP contribution in [0.4, 0.5) is 0 Å². The van der Waals surface area contributed by atoms with Crippen LogP contribution in [0.15, 0.2) is 72.8 Å². The van der Waals surface area contributed by atoms with Gasteiger partial charge in [-0.3, -0.25) is 4.79 Å². The first-order chi connectivity index (χ1) is 13.2. The van der Waals surface area contributed by atoms with Gasteiger partial charge in [0.15, 0.2) is 0 Å². The molecule has 2 aromatic rings. The van der Waals surface area contributed by atoms with Crippen molar-refractivity contribution in [2.24, 2.45) is 0 Å². The highest BCUT2D eigenvalue weighted by atomic mass is 28.4. The van der Waals surface area contributed by atoms with Crippen molar-refractivity contribution < 1.29 is 18.8 Å². The summed E-state index contributed by atoms with van der Waals surface area (Å²) >= 11 is 0. The van der Waals surface area contributed by atoms with Gasteiger partial charge in [-0.05, 0) is 22.3 Å². The molecule has 5 heteroatoms. The van der Waals surface area contributed by atoms with Gasteiger partial charge in [0, 0.05) is 5.57 Å². The van der Waals surface area contributed by atoms with E-state index in [1.165, 1.54) is 0 Å². The molecule has 0 atom stereocenters. The first-order valence-electron chi connectivity index (χ1n) is 9.34. The third-order valence-electron chi connectivity index (χ3n) is 4.57. The Bertz CT molecular complexity index is 783. The molecular formula is C23H28O4Si. The van der Waals surface area contributed by atoms with Gasteiger partial charge >= 0.3 is 14.3 Å². The standard InChI is InChI=1S/C23H28O4Si/c1-18(2)22(25)26-17-16-21(24)27-28(23(3,4)5,19-12-8-6-9-13-19)20-14-10-7-11-15-20/h6-15H,1,16-17H2,2-5H3. The summed E-state index contributed by atoms with van der Waals surface area (Å²) in [6, 6.07) is 19.9. The summed E-state index contributed by atoms with van der Waals surface area (Å²) in [5.41, 5.74) is 0.306. The molecule has 28 heavy (non-hydrogen) atoms.